The van der Waals surface area contributed by atoms with Crippen LogP contribution >= 0.6 is 15.9 Å². The van der Waals surface area contributed by atoms with Gasteiger partial charge in [0.05, 0.1) is 0 Å². The van der Waals surface area contributed by atoms with Crippen molar-refractivity contribution in [1.29, 1.82) is 0 Å². The predicted octanol–water partition coefficient (Wildman–Crippen LogP) is 3.75. The first kappa shape index (κ1) is 8.79. The normalized spacial score (nSPS) is 10.6. The maximum atomic E-state index is 3.97. The number of rotatable bonds is 1. The molecule has 0 unspecified atom stereocenters. The van der Waals surface area contributed by atoms with Gasteiger partial charge in [-0.1, -0.05) is 35.8 Å². The fraction of sp³-hybridized carbons (Fsp3) is 0.300. The minimum Gasteiger partial charge on any atom is -0.0587 e. The molecule has 11 heavy (non-hydrogen) atoms. The highest BCUT2D eigenvalue weighted by molar-refractivity contribution is 9.10. The van der Waals surface area contributed by atoms with Gasteiger partial charge in [0.1, 0.15) is 0 Å². The molecular weight excluding hydrogens is 200 g/mol. The second-order valence-corrected chi connectivity index (χ2v) is 3.91. The third-order valence-electron chi connectivity index (χ3n) is 1.73. The maximum Gasteiger partial charge on any atom is 0.0178 e. The molecule has 0 bridgehead atoms. The standard InChI is InChI=1S/C10H12Br/c1-7(2)10-5-4-9(11)6-8(10)3/h4-7H,3H2,1-2H3. The molecule has 0 N–H and O–H groups in total. The Bertz CT molecular complexity index is 251. The van der Waals surface area contributed by atoms with E-state index in [0.717, 1.165) is 10.0 Å². The van der Waals surface area contributed by atoms with Crippen LogP contribution in [0.15, 0.2) is 22.7 Å². The van der Waals surface area contributed by atoms with Crippen LogP contribution < -0.4 is 0 Å². The molecule has 0 aromatic heterocycles. The van der Waals surface area contributed by atoms with Gasteiger partial charge in [-0.3, -0.25) is 0 Å². The van der Waals surface area contributed by atoms with Gasteiger partial charge in [-0.2, -0.15) is 0 Å². The summed E-state index contributed by atoms with van der Waals surface area (Å²) in [5.74, 6) is 0.565. The molecule has 1 rings (SSSR count). The molecule has 0 saturated heterocycles. The molecule has 0 aliphatic rings. The molecule has 0 nitrogen and oxygen atoms in total. The Hall–Kier alpha value is -0.300. The average Bonchev–Trinajstić information content (AvgIpc) is 1.85. The molecule has 0 fully saturated rings. The van der Waals surface area contributed by atoms with Crippen LogP contribution in [0.25, 0.3) is 0 Å². The first-order valence-electron chi connectivity index (χ1n) is 3.72. The van der Waals surface area contributed by atoms with Gasteiger partial charge in [0.2, 0.25) is 0 Å². The van der Waals surface area contributed by atoms with Crippen LogP contribution in [0.5, 0.6) is 0 Å². The third kappa shape index (κ3) is 2.06. The van der Waals surface area contributed by atoms with Crippen molar-refractivity contribution in [3.8, 4) is 0 Å². The molecule has 0 aliphatic carbocycles. The zero-order valence-corrected chi connectivity index (χ0v) is 8.48. The third-order valence-corrected chi connectivity index (χ3v) is 2.22. The molecule has 0 saturated carbocycles. The fourth-order valence-corrected chi connectivity index (χ4v) is 1.55. The lowest BCUT2D eigenvalue weighted by Crippen LogP contribution is -1.90. The van der Waals surface area contributed by atoms with Crippen molar-refractivity contribution >= 4 is 15.9 Å². The summed E-state index contributed by atoms with van der Waals surface area (Å²) in [6.45, 7) is 8.33. The Balaban J connectivity index is 3.09. The summed E-state index contributed by atoms with van der Waals surface area (Å²) < 4.78 is 1.10. The van der Waals surface area contributed by atoms with Crippen molar-refractivity contribution in [2.24, 2.45) is 0 Å². The predicted molar refractivity (Wildman–Crippen MR) is 52.7 cm³/mol. The largest absolute Gasteiger partial charge is 0.0587 e. The minimum atomic E-state index is 0.565. The highest BCUT2D eigenvalue weighted by Crippen LogP contribution is 2.22. The number of hydrogen-bond donors (Lipinski definition) is 0. The van der Waals surface area contributed by atoms with Crippen molar-refractivity contribution in [1.82, 2.24) is 0 Å². The average molecular weight is 212 g/mol. The Morgan fingerprint density at radius 1 is 1.36 bits per heavy atom. The molecule has 59 valence electrons. The number of halogens is 1. The van der Waals surface area contributed by atoms with Crippen molar-refractivity contribution < 1.29 is 0 Å². The van der Waals surface area contributed by atoms with Crippen molar-refractivity contribution in [2.45, 2.75) is 19.8 Å². The van der Waals surface area contributed by atoms with E-state index >= 15 is 0 Å². The van der Waals surface area contributed by atoms with E-state index in [2.05, 4.69) is 54.9 Å². The van der Waals surface area contributed by atoms with E-state index in [1.807, 2.05) is 0 Å². The summed E-state index contributed by atoms with van der Waals surface area (Å²) in [7, 11) is 0. The van der Waals surface area contributed by atoms with Crippen LogP contribution in [0, 0.1) is 6.92 Å². The van der Waals surface area contributed by atoms with Gasteiger partial charge in [-0.25, -0.2) is 0 Å². The second-order valence-electron chi connectivity index (χ2n) is 3.00. The summed E-state index contributed by atoms with van der Waals surface area (Å²) in [5.41, 5.74) is 2.45. The van der Waals surface area contributed by atoms with E-state index in [-0.39, 0.29) is 0 Å². The van der Waals surface area contributed by atoms with Gasteiger partial charge in [0.25, 0.3) is 0 Å². The highest BCUT2D eigenvalue weighted by atomic mass is 79.9. The van der Waals surface area contributed by atoms with E-state index in [1.165, 1.54) is 5.56 Å². The first-order chi connectivity index (χ1) is 5.11. The number of hydrogen-bond acceptors (Lipinski definition) is 0. The Morgan fingerprint density at radius 2 is 2.00 bits per heavy atom. The van der Waals surface area contributed by atoms with E-state index in [0.29, 0.717) is 5.92 Å². The summed E-state index contributed by atoms with van der Waals surface area (Å²) in [6, 6.07) is 6.23. The summed E-state index contributed by atoms with van der Waals surface area (Å²) >= 11 is 3.41. The Morgan fingerprint density at radius 3 is 2.45 bits per heavy atom. The topological polar surface area (TPSA) is 0 Å². The lowest BCUT2D eigenvalue weighted by atomic mass is 9.99. The SMILES string of the molecule is [CH2]c1cc(Br)ccc1C(C)C. The summed E-state index contributed by atoms with van der Waals surface area (Å²) in [5, 5.41) is 0. The Labute approximate surface area is 76.8 Å². The molecule has 1 heteroatoms. The van der Waals surface area contributed by atoms with Gasteiger partial charge < -0.3 is 0 Å². The van der Waals surface area contributed by atoms with E-state index in [9.17, 15) is 0 Å². The zero-order chi connectivity index (χ0) is 8.43. The van der Waals surface area contributed by atoms with Crippen LogP contribution in [-0.4, -0.2) is 0 Å². The van der Waals surface area contributed by atoms with Gasteiger partial charge in [0, 0.05) is 4.47 Å². The molecule has 1 aromatic rings. The fourth-order valence-electron chi connectivity index (χ4n) is 1.14. The monoisotopic (exact) mass is 211 g/mol. The molecule has 0 heterocycles. The minimum absolute atomic E-state index is 0.565. The van der Waals surface area contributed by atoms with Gasteiger partial charge in [-0.05, 0) is 36.1 Å². The molecular formula is C10H12Br. The van der Waals surface area contributed by atoms with Crippen LogP contribution in [-0.2, 0) is 0 Å². The zero-order valence-electron chi connectivity index (χ0n) is 6.89. The molecule has 1 radical (unpaired) electrons. The quantitative estimate of drug-likeness (QED) is 0.664. The van der Waals surface area contributed by atoms with Crippen LogP contribution in [0.2, 0.25) is 0 Å². The van der Waals surface area contributed by atoms with E-state index in [4.69, 9.17) is 0 Å². The second kappa shape index (κ2) is 3.40. The molecule has 0 spiro atoms. The molecule has 0 atom stereocenters. The summed E-state index contributed by atoms with van der Waals surface area (Å²) in [4.78, 5) is 0. The highest BCUT2D eigenvalue weighted by Gasteiger charge is 2.02. The molecule has 1 aromatic carbocycles. The van der Waals surface area contributed by atoms with Crippen molar-refractivity contribution in [2.75, 3.05) is 0 Å². The van der Waals surface area contributed by atoms with Gasteiger partial charge in [-0.15, -0.1) is 0 Å². The van der Waals surface area contributed by atoms with Crippen LogP contribution in [0.1, 0.15) is 30.9 Å². The van der Waals surface area contributed by atoms with E-state index in [1.54, 1.807) is 0 Å². The lowest BCUT2D eigenvalue weighted by molar-refractivity contribution is 0.861. The smallest absolute Gasteiger partial charge is 0.0178 e. The van der Waals surface area contributed by atoms with Gasteiger partial charge >= 0.3 is 0 Å². The number of benzene rings is 1. The molecule has 0 amide bonds. The van der Waals surface area contributed by atoms with Gasteiger partial charge in [0.15, 0.2) is 0 Å². The lowest BCUT2D eigenvalue weighted by Gasteiger charge is -2.08. The molecule has 0 aliphatic heterocycles. The van der Waals surface area contributed by atoms with Crippen LogP contribution in [0.3, 0.4) is 0 Å². The summed E-state index contributed by atoms with van der Waals surface area (Å²) in [6.07, 6.45) is 0. The van der Waals surface area contributed by atoms with E-state index < -0.39 is 0 Å². The van der Waals surface area contributed by atoms with Crippen molar-refractivity contribution in [3.05, 3.63) is 40.7 Å². The van der Waals surface area contributed by atoms with Crippen molar-refractivity contribution in [3.63, 3.8) is 0 Å². The Kier molecular flexibility index (Phi) is 2.72. The van der Waals surface area contributed by atoms with Crippen LogP contribution in [0.4, 0.5) is 0 Å². The maximum absolute atomic E-state index is 3.97. The first-order valence-corrected chi connectivity index (χ1v) is 4.52.